The van der Waals surface area contributed by atoms with Crippen molar-refractivity contribution in [3.05, 3.63) is 95.1 Å². The van der Waals surface area contributed by atoms with E-state index in [2.05, 4.69) is 16.3 Å². The Hall–Kier alpha value is -3.82. The first kappa shape index (κ1) is 22.9. The number of nitrogens with zero attached hydrogens (tertiary/aromatic N) is 2. The largest absolute Gasteiger partial charge is 0.497 e. The van der Waals surface area contributed by atoms with Crippen LogP contribution in [0.5, 0.6) is 11.5 Å². The number of carbonyl (C=O) groups excluding carboxylic acids is 1. The van der Waals surface area contributed by atoms with Gasteiger partial charge < -0.3 is 19.7 Å². The lowest BCUT2D eigenvalue weighted by molar-refractivity contribution is 0.0941. The fourth-order valence-electron chi connectivity index (χ4n) is 3.31. The minimum absolute atomic E-state index is 0.0350. The first-order valence-electron chi connectivity index (χ1n) is 10.3. The van der Waals surface area contributed by atoms with E-state index in [1.54, 1.807) is 37.4 Å². The monoisotopic (exact) mass is 429 g/mol. The van der Waals surface area contributed by atoms with Gasteiger partial charge in [-0.05, 0) is 73.8 Å². The molecular formula is C26H27N3O3. The summed E-state index contributed by atoms with van der Waals surface area (Å²) in [5, 5.41) is 11.9. The minimum Gasteiger partial charge on any atom is -0.497 e. The molecule has 1 atom stereocenters. The SMILES string of the molecule is COc1ccc(C(CNC(=O)c2cccc(COc3ccc(C#N)cc3)c2)N(C)C)cc1. The number of rotatable bonds is 9. The molecule has 3 aromatic carbocycles. The van der Waals surface area contributed by atoms with Gasteiger partial charge in [0, 0.05) is 12.1 Å². The summed E-state index contributed by atoms with van der Waals surface area (Å²) in [5.74, 6) is 1.34. The number of methoxy groups -OCH3 is 1. The molecule has 1 unspecified atom stereocenters. The van der Waals surface area contributed by atoms with Crippen molar-refractivity contribution in [3.8, 4) is 17.6 Å². The van der Waals surface area contributed by atoms with Crippen LogP contribution in [-0.4, -0.2) is 38.6 Å². The molecule has 1 N–H and O–H groups in total. The van der Waals surface area contributed by atoms with Gasteiger partial charge in [0.2, 0.25) is 0 Å². The van der Waals surface area contributed by atoms with E-state index in [0.29, 0.717) is 30.0 Å². The maximum absolute atomic E-state index is 12.8. The average molecular weight is 430 g/mol. The van der Waals surface area contributed by atoms with Crippen molar-refractivity contribution in [3.63, 3.8) is 0 Å². The zero-order valence-corrected chi connectivity index (χ0v) is 18.5. The smallest absolute Gasteiger partial charge is 0.251 e. The first-order valence-corrected chi connectivity index (χ1v) is 10.3. The lowest BCUT2D eigenvalue weighted by atomic mass is 10.1. The molecule has 3 aromatic rings. The average Bonchev–Trinajstić information content (AvgIpc) is 2.83. The summed E-state index contributed by atoms with van der Waals surface area (Å²) >= 11 is 0. The van der Waals surface area contributed by atoms with Crippen LogP contribution in [0, 0.1) is 11.3 Å². The summed E-state index contributed by atoms with van der Waals surface area (Å²) in [6, 6.07) is 24.3. The molecule has 164 valence electrons. The summed E-state index contributed by atoms with van der Waals surface area (Å²) in [4.78, 5) is 14.9. The zero-order chi connectivity index (χ0) is 22.9. The highest BCUT2D eigenvalue weighted by Crippen LogP contribution is 2.21. The van der Waals surface area contributed by atoms with E-state index in [4.69, 9.17) is 14.7 Å². The molecule has 0 radical (unpaired) electrons. The van der Waals surface area contributed by atoms with Gasteiger partial charge in [-0.2, -0.15) is 5.26 Å². The number of amides is 1. The van der Waals surface area contributed by atoms with Gasteiger partial charge in [-0.25, -0.2) is 0 Å². The van der Waals surface area contributed by atoms with E-state index < -0.39 is 0 Å². The topological polar surface area (TPSA) is 74.6 Å². The number of likely N-dealkylation sites (N-methyl/N-ethyl adjacent to an activating group) is 1. The van der Waals surface area contributed by atoms with Gasteiger partial charge in [-0.1, -0.05) is 24.3 Å². The zero-order valence-electron chi connectivity index (χ0n) is 18.5. The Morgan fingerprint density at radius 1 is 1.03 bits per heavy atom. The maximum Gasteiger partial charge on any atom is 0.251 e. The molecule has 6 heteroatoms. The lowest BCUT2D eigenvalue weighted by Gasteiger charge is -2.25. The number of benzene rings is 3. The first-order chi connectivity index (χ1) is 15.5. The summed E-state index contributed by atoms with van der Waals surface area (Å²) in [7, 11) is 5.62. The third-order valence-electron chi connectivity index (χ3n) is 5.16. The van der Waals surface area contributed by atoms with Gasteiger partial charge in [0.15, 0.2) is 0 Å². The highest BCUT2D eigenvalue weighted by Gasteiger charge is 2.16. The van der Waals surface area contributed by atoms with Crippen molar-refractivity contribution < 1.29 is 14.3 Å². The van der Waals surface area contributed by atoms with Crippen molar-refractivity contribution in [2.45, 2.75) is 12.6 Å². The molecule has 0 fully saturated rings. The molecule has 0 saturated carbocycles. The highest BCUT2D eigenvalue weighted by atomic mass is 16.5. The summed E-state index contributed by atoms with van der Waals surface area (Å²) in [6.45, 7) is 0.809. The molecule has 0 aliphatic carbocycles. The molecule has 1 amide bonds. The molecule has 0 saturated heterocycles. The number of ether oxygens (including phenoxy) is 2. The Bertz CT molecular complexity index is 1070. The third kappa shape index (κ3) is 6.10. The summed E-state index contributed by atoms with van der Waals surface area (Å²) in [6.07, 6.45) is 0. The second kappa shape index (κ2) is 11.0. The number of nitrogens with one attached hydrogen (secondary N) is 1. The molecule has 0 aliphatic heterocycles. The van der Waals surface area contributed by atoms with Crippen molar-refractivity contribution in [2.75, 3.05) is 27.7 Å². The summed E-state index contributed by atoms with van der Waals surface area (Å²) < 4.78 is 11.0. The molecule has 32 heavy (non-hydrogen) atoms. The second-order valence-electron chi connectivity index (χ2n) is 7.59. The van der Waals surface area contributed by atoms with Crippen LogP contribution in [0.4, 0.5) is 0 Å². The predicted molar refractivity (Wildman–Crippen MR) is 124 cm³/mol. The van der Waals surface area contributed by atoms with Crippen LogP contribution >= 0.6 is 0 Å². The number of hydrogen-bond donors (Lipinski definition) is 1. The Morgan fingerprint density at radius 2 is 1.72 bits per heavy atom. The minimum atomic E-state index is -0.134. The van der Waals surface area contributed by atoms with Gasteiger partial charge in [0.1, 0.15) is 18.1 Å². The van der Waals surface area contributed by atoms with Gasteiger partial charge >= 0.3 is 0 Å². The van der Waals surface area contributed by atoms with E-state index in [1.165, 1.54) is 0 Å². The maximum atomic E-state index is 12.8. The molecule has 0 heterocycles. The molecule has 0 aliphatic rings. The van der Waals surface area contributed by atoms with Gasteiger partial charge in [0.25, 0.3) is 5.91 Å². The molecule has 0 bridgehead atoms. The van der Waals surface area contributed by atoms with Gasteiger partial charge in [0.05, 0.1) is 24.8 Å². The third-order valence-corrected chi connectivity index (χ3v) is 5.16. The van der Waals surface area contributed by atoms with Crippen LogP contribution in [0.25, 0.3) is 0 Å². The Labute approximate surface area is 189 Å². The van der Waals surface area contributed by atoms with Crippen molar-refractivity contribution in [1.82, 2.24) is 10.2 Å². The number of carbonyl (C=O) groups is 1. The fraction of sp³-hybridized carbons (Fsp3) is 0.231. The van der Waals surface area contributed by atoms with Crippen molar-refractivity contribution in [2.24, 2.45) is 0 Å². The van der Waals surface area contributed by atoms with Crippen molar-refractivity contribution in [1.29, 1.82) is 5.26 Å². The number of nitriles is 1. The Kier molecular flexibility index (Phi) is 7.85. The molecule has 3 rings (SSSR count). The van der Waals surface area contributed by atoms with Crippen LogP contribution < -0.4 is 14.8 Å². The second-order valence-corrected chi connectivity index (χ2v) is 7.59. The van der Waals surface area contributed by atoms with Crippen LogP contribution in [-0.2, 0) is 6.61 Å². The van der Waals surface area contributed by atoms with Gasteiger partial charge in [-0.15, -0.1) is 0 Å². The van der Waals surface area contributed by atoms with E-state index in [-0.39, 0.29) is 11.9 Å². The Balaban J connectivity index is 1.60. The molecule has 0 aromatic heterocycles. The van der Waals surface area contributed by atoms with Crippen LogP contribution in [0.2, 0.25) is 0 Å². The summed E-state index contributed by atoms with van der Waals surface area (Å²) in [5.41, 5.74) is 3.15. The molecule has 6 nitrogen and oxygen atoms in total. The number of hydrogen-bond acceptors (Lipinski definition) is 5. The fourth-order valence-corrected chi connectivity index (χ4v) is 3.31. The molecule has 0 spiro atoms. The standard InChI is InChI=1S/C26H27N3O3/c1-29(2)25(21-9-13-23(31-3)14-10-21)17-28-26(30)22-6-4-5-20(15-22)18-32-24-11-7-19(16-27)8-12-24/h4-15,25H,17-18H2,1-3H3,(H,28,30). The van der Waals surface area contributed by atoms with Crippen LogP contribution in [0.3, 0.4) is 0 Å². The van der Waals surface area contributed by atoms with Crippen molar-refractivity contribution >= 4 is 5.91 Å². The van der Waals surface area contributed by atoms with E-state index in [0.717, 1.165) is 16.9 Å². The molecular weight excluding hydrogens is 402 g/mol. The van der Waals surface area contributed by atoms with E-state index >= 15 is 0 Å². The Morgan fingerprint density at radius 3 is 2.34 bits per heavy atom. The highest BCUT2D eigenvalue weighted by molar-refractivity contribution is 5.94. The lowest BCUT2D eigenvalue weighted by Crippen LogP contribution is -2.34. The predicted octanol–water partition coefficient (Wildman–Crippen LogP) is 4.18. The van der Waals surface area contributed by atoms with Crippen LogP contribution in [0.1, 0.15) is 33.1 Å². The van der Waals surface area contributed by atoms with E-state index in [9.17, 15) is 4.79 Å². The van der Waals surface area contributed by atoms with E-state index in [1.807, 2.05) is 56.6 Å². The van der Waals surface area contributed by atoms with Crippen LogP contribution in [0.15, 0.2) is 72.8 Å². The van der Waals surface area contributed by atoms with Gasteiger partial charge in [-0.3, -0.25) is 4.79 Å². The quantitative estimate of drug-likeness (QED) is 0.552. The normalized spacial score (nSPS) is 11.5.